The van der Waals surface area contributed by atoms with Gasteiger partial charge in [-0.25, -0.2) is 4.79 Å². The molecule has 0 aliphatic carbocycles. The first-order valence-corrected chi connectivity index (χ1v) is 7.54. The normalized spacial score (nSPS) is 22.7. The van der Waals surface area contributed by atoms with Crippen LogP contribution in [-0.4, -0.2) is 64.8 Å². The fraction of sp³-hybridized carbons (Fsp3) is 0.867. The largest absolute Gasteiger partial charge is 0.465 e. The van der Waals surface area contributed by atoms with Crippen LogP contribution in [0.3, 0.4) is 0 Å². The molecule has 1 fully saturated rings. The summed E-state index contributed by atoms with van der Waals surface area (Å²) in [6, 6.07) is -0.141. The fourth-order valence-corrected chi connectivity index (χ4v) is 2.67. The van der Waals surface area contributed by atoms with Crippen molar-refractivity contribution in [2.75, 3.05) is 20.2 Å². The number of amides is 2. The molecule has 2 amide bonds. The lowest BCUT2D eigenvalue weighted by molar-refractivity contribution is -0.135. The number of ether oxygens (including phenoxy) is 1. The smallest absolute Gasteiger partial charge is 0.408 e. The summed E-state index contributed by atoms with van der Waals surface area (Å²) in [5.41, 5.74) is -0.453. The second-order valence-corrected chi connectivity index (χ2v) is 6.62. The van der Waals surface area contributed by atoms with Gasteiger partial charge in [-0.3, -0.25) is 9.69 Å². The van der Waals surface area contributed by atoms with E-state index in [0.29, 0.717) is 26.0 Å². The van der Waals surface area contributed by atoms with Crippen LogP contribution in [0.1, 0.15) is 47.0 Å². The van der Waals surface area contributed by atoms with Crippen LogP contribution in [0.5, 0.6) is 0 Å². The Morgan fingerprint density at radius 3 is 2.29 bits per heavy atom. The maximum absolute atomic E-state index is 11.9. The summed E-state index contributed by atoms with van der Waals surface area (Å²) in [5.74, 6) is 0.0758. The Kier molecular flexibility index (Phi) is 6.01. The summed E-state index contributed by atoms with van der Waals surface area (Å²) in [5, 5.41) is 9.39. The van der Waals surface area contributed by atoms with E-state index in [1.54, 1.807) is 11.9 Å². The number of carbonyl (C=O) groups is 2. The Bertz CT molecular complexity index is 370. The number of carbonyl (C=O) groups excluding carboxylic acids is 1. The Morgan fingerprint density at radius 1 is 1.29 bits per heavy atom. The molecule has 0 saturated carbocycles. The topological polar surface area (TPSA) is 70.1 Å². The van der Waals surface area contributed by atoms with Gasteiger partial charge in [0.2, 0.25) is 5.91 Å². The number of nitrogens with zero attached hydrogens (tertiary/aromatic N) is 2. The molecule has 1 saturated heterocycles. The molecule has 1 aliphatic rings. The summed E-state index contributed by atoms with van der Waals surface area (Å²) in [6.45, 7) is 8.62. The van der Waals surface area contributed by atoms with Crippen LogP contribution in [0.2, 0.25) is 0 Å². The monoisotopic (exact) mass is 300 g/mol. The van der Waals surface area contributed by atoms with Crippen molar-refractivity contribution in [1.29, 1.82) is 0 Å². The van der Waals surface area contributed by atoms with Gasteiger partial charge in [-0.15, -0.1) is 0 Å². The van der Waals surface area contributed by atoms with Crippen molar-refractivity contribution >= 4 is 12.0 Å². The first-order valence-electron chi connectivity index (χ1n) is 7.54. The van der Waals surface area contributed by atoms with Crippen LogP contribution in [-0.2, 0) is 9.53 Å². The molecule has 122 valence electrons. The van der Waals surface area contributed by atoms with Crippen molar-refractivity contribution in [2.24, 2.45) is 0 Å². The van der Waals surface area contributed by atoms with E-state index in [0.717, 1.165) is 6.42 Å². The van der Waals surface area contributed by atoms with Gasteiger partial charge in [-0.05, 0) is 40.5 Å². The zero-order valence-corrected chi connectivity index (χ0v) is 13.8. The molecule has 0 spiro atoms. The van der Waals surface area contributed by atoms with E-state index in [9.17, 15) is 14.7 Å². The van der Waals surface area contributed by atoms with Gasteiger partial charge in [0.1, 0.15) is 0 Å². The van der Waals surface area contributed by atoms with Gasteiger partial charge in [0, 0.05) is 19.1 Å². The highest BCUT2D eigenvalue weighted by Gasteiger charge is 2.36. The number of carboxylic acid groups (broad SMARTS) is 1. The number of rotatable bonds is 4. The third-order valence-electron chi connectivity index (χ3n) is 3.94. The SMILES string of the molecule is CCN(C)C(=O)C[C@@H]1CC[C@@H](N(C(=O)O)C(C)(C)C)CO1. The standard InChI is InChI=1S/C15H28N2O4/c1-6-16(5)13(18)9-12-8-7-11(10-21-12)17(14(19)20)15(2,3)4/h11-12H,6-10H2,1-5H3,(H,19,20)/t11-,12+/m1/s1. The molecule has 0 aromatic carbocycles. The third kappa shape index (κ3) is 4.88. The molecule has 0 unspecified atom stereocenters. The Morgan fingerprint density at radius 2 is 1.90 bits per heavy atom. The molecule has 0 bridgehead atoms. The Hall–Kier alpha value is -1.30. The van der Waals surface area contributed by atoms with Crippen LogP contribution in [0.4, 0.5) is 4.79 Å². The molecule has 6 nitrogen and oxygen atoms in total. The van der Waals surface area contributed by atoms with Crippen LogP contribution in [0.25, 0.3) is 0 Å². The van der Waals surface area contributed by atoms with Crippen molar-refractivity contribution < 1.29 is 19.4 Å². The number of hydrogen-bond acceptors (Lipinski definition) is 3. The van der Waals surface area contributed by atoms with Crippen LogP contribution in [0.15, 0.2) is 0 Å². The summed E-state index contributed by atoms with van der Waals surface area (Å²) >= 11 is 0. The molecular weight excluding hydrogens is 272 g/mol. The third-order valence-corrected chi connectivity index (χ3v) is 3.94. The lowest BCUT2D eigenvalue weighted by Gasteiger charge is -2.42. The summed E-state index contributed by atoms with van der Waals surface area (Å²) < 4.78 is 5.73. The van der Waals surface area contributed by atoms with E-state index in [2.05, 4.69) is 0 Å². The van der Waals surface area contributed by atoms with Crippen LogP contribution < -0.4 is 0 Å². The van der Waals surface area contributed by atoms with Crippen molar-refractivity contribution in [2.45, 2.75) is 64.6 Å². The molecule has 1 heterocycles. The second kappa shape index (κ2) is 7.11. The molecule has 0 aromatic rings. The zero-order valence-electron chi connectivity index (χ0n) is 13.8. The highest BCUT2D eigenvalue weighted by Crippen LogP contribution is 2.26. The van der Waals surface area contributed by atoms with Gasteiger partial charge in [0.15, 0.2) is 0 Å². The van der Waals surface area contributed by atoms with Crippen molar-refractivity contribution in [1.82, 2.24) is 9.80 Å². The Balaban J connectivity index is 2.55. The van der Waals surface area contributed by atoms with Gasteiger partial charge in [-0.1, -0.05) is 0 Å². The molecule has 1 N–H and O–H groups in total. The number of hydrogen-bond donors (Lipinski definition) is 1. The first kappa shape index (κ1) is 17.8. The minimum absolute atomic E-state index is 0.0758. The average molecular weight is 300 g/mol. The highest BCUT2D eigenvalue weighted by molar-refractivity contribution is 5.76. The van der Waals surface area contributed by atoms with Gasteiger partial charge < -0.3 is 14.7 Å². The summed E-state index contributed by atoms with van der Waals surface area (Å²) in [4.78, 5) is 26.4. The average Bonchev–Trinajstić information content (AvgIpc) is 2.37. The van der Waals surface area contributed by atoms with Gasteiger partial charge >= 0.3 is 6.09 Å². The van der Waals surface area contributed by atoms with E-state index < -0.39 is 11.6 Å². The molecular formula is C15H28N2O4. The fourth-order valence-electron chi connectivity index (χ4n) is 2.67. The Labute approximate surface area is 127 Å². The quantitative estimate of drug-likeness (QED) is 0.864. The summed E-state index contributed by atoms with van der Waals surface area (Å²) in [6.07, 6.45) is 0.805. The second-order valence-electron chi connectivity index (χ2n) is 6.62. The maximum atomic E-state index is 11.9. The highest BCUT2D eigenvalue weighted by atomic mass is 16.5. The molecule has 1 aliphatic heterocycles. The van der Waals surface area contributed by atoms with Crippen molar-refractivity contribution in [3.63, 3.8) is 0 Å². The van der Waals surface area contributed by atoms with Gasteiger partial charge in [0.05, 0.1) is 25.2 Å². The first-order chi connectivity index (χ1) is 9.66. The van der Waals surface area contributed by atoms with E-state index in [-0.39, 0.29) is 18.1 Å². The predicted molar refractivity (Wildman–Crippen MR) is 80.3 cm³/mol. The maximum Gasteiger partial charge on any atom is 0.408 e. The van der Waals surface area contributed by atoms with Crippen LogP contribution in [0, 0.1) is 0 Å². The minimum Gasteiger partial charge on any atom is -0.465 e. The molecule has 6 heteroatoms. The lowest BCUT2D eigenvalue weighted by Crippen LogP contribution is -2.54. The van der Waals surface area contributed by atoms with E-state index >= 15 is 0 Å². The minimum atomic E-state index is -0.920. The van der Waals surface area contributed by atoms with Crippen molar-refractivity contribution in [3.8, 4) is 0 Å². The van der Waals surface area contributed by atoms with E-state index in [4.69, 9.17) is 4.74 Å². The van der Waals surface area contributed by atoms with Crippen LogP contribution >= 0.6 is 0 Å². The predicted octanol–water partition coefficient (Wildman–Crippen LogP) is 2.18. The lowest BCUT2D eigenvalue weighted by atomic mass is 9.97. The van der Waals surface area contributed by atoms with Crippen molar-refractivity contribution in [3.05, 3.63) is 0 Å². The summed E-state index contributed by atoms with van der Waals surface area (Å²) in [7, 11) is 1.78. The molecule has 1 rings (SSSR count). The van der Waals surface area contributed by atoms with E-state index in [1.807, 2.05) is 27.7 Å². The molecule has 0 radical (unpaired) electrons. The molecule has 21 heavy (non-hydrogen) atoms. The zero-order chi connectivity index (χ0) is 16.2. The van der Waals surface area contributed by atoms with Gasteiger partial charge in [0.25, 0.3) is 0 Å². The molecule has 2 atom stereocenters. The molecule has 0 aromatic heterocycles. The van der Waals surface area contributed by atoms with Gasteiger partial charge in [-0.2, -0.15) is 0 Å². The van der Waals surface area contributed by atoms with E-state index in [1.165, 1.54) is 4.90 Å².